The smallest absolute Gasteiger partial charge is 0.321 e. The van der Waals surface area contributed by atoms with Gasteiger partial charge in [0.2, 0.25) is 0 Å². The molecule has 0 bridgehead atoms. The predicted octanol–water partition coefficient (Wildman–Crippen LogP) is 2.31. The van der Waals surface area contributed by atoms with Gasteiger partial charge < -0.3 is 9.47 Å². The van der Waals surface area contributed by atoms with E-state index in [0.29, 0.717) is 12.2 Å². The van der Waals surface area contributed by atoms with E-state index in [2.05, 4.69) is 0 Å². The van der Waals surface area contributed by atoms with Crippen LogP contribution in [0.5, 0.6) is 0 Å². The zero-order valence-corrected chi connectivity index (χ0v) is 10.1. The number of carbonyl (C=O) groups is 1. The Kier molecular flexibility index (Phi) is 3.35. The summed E-state index contributed by atoms with van der Waals surface area (Å²) in [5.74, 6) is -0.858. The molecule has 1 aromatic rings. The van der Waals surface area contributed by atoms with Gasteiger partial charge in [0.25, 0.3) is 0 Å². The van der Waals surface area contributed by atoms with E-state index in [1.807, 2.05) is 0 Å². The topological polar surface area (TPSA) is 35.5 Å². The molecule has 5 heteroatoms. The summed E-state index contributed by atoms with van der Waals surface area (Å²) in [5.41, 5.74) is -0.193. The van der Waals surface area contributed by atoms with Gasteiger partial charge in [-0.05, 0) is 24.6 Å². The Balaban J connectivity index is 2.34. The van der Waals surface area contributed by atoms with Crippen LogP contribution in [0.4, 0.5) is 4.39 Å². The SMILES string of the molecule is CCOC(=O)C1(c2ccc(F)c(Cl)c2)COC1. The summed E-state index contributed by atoms with van der Waals surface area (Å²) in [7, 11) is 0. The van der Waals surface area contributed by atoms with Crippen molar-refractivity contribution < 1.29 is 18.7 Å². The molecule has 0 N–H and O–H groups in total. The number of halogens is 2. The first-order chi connectivity index (χ1) is 8.10. The molecular weight excluding hydrogens is 247 g/mol. The number of ether oxygens (including phenoxy) is 2. The van der Waals surface area contributed by atoms with Crippen LogP contribution < -0.4 is 0 Å². The lowest BCUT2D eigenvalue weighted by atomic mass is 9.78. The highest BCUT2D eigenvalue weighted by atomic mass is 35.5. The number of benzene rings is 1. The highest BCUT2D eigenvalue weighted by Gasteiger charge is 2.49. The molecule has 3 nitrogen and oxygen atoms in total. The van der Waals surface area contributed by atoms with Crippen molar-refractivity contribution in [1.82, 2.24) is 0 Å². The minimum Gasteiger partial charge on any atom is -0.465 e. The van der Waals surface area contributed by atoms with Crippen molar-refractivity contribution in [2.45, 2.75) is 12.3 Å². The molecular formula is C12H12ClFO3. The molecule has 0 radical (unpaired) electrons. The molecule has 0 unspecified atom stereocenters. The van der Waals surface area contributed by atoms with Crippen molar-refractivity contribution in [2.24, 2.45) is 0 Å². The molecule has 2 rings (SSSR count). The predicted molar refractivity (Wildman–Crippen MR) is 60.5 cm³/mol. The van der Waals surface area contributed by atoms with Gasteiger partial charge in [-0.3, -0.25) is 4.79 Å². The zero-order valence-electron chi connectivity index (χ0n) is 9.33. The van der Waals surface area contributed by atoms with E-state index < -0.39 is 11.2 Å². The summed E-state index contributed by atoms with van der Waals surface area (Å²) in [4.78, 5) is 11.9. The summed E-state index contributed by atoms with van der Waals surface area (Å²) < 4.78 is 23.2. The van der Waals surface area contributed by atoms with Crippen molar-refractivity contribution in [3.8, 4) is 0 Å². The zero-order chi connectivity index (χ0) is 12.5. The van der Waals surface area contributed by atoms with Crippen LogP contribution in [-0.4, -0.2) is 25.8 Å². The van der Waals surface area contributed by atoms with E-state index in [1.54, 1.807) is 13.0 Å². The van der Waals surface area contributed by atoms with Crippen LogP contribution in [0.15, 0.2) is 18.2 Å². The number of hydrogen-bond donors (Lipinski definition) is 0. The highest BCUT2D eigenvalue weighted by Crippen LogP contribution is 2.35. The maximum atomic E-state index is 13.1. The van der Waals surface area contributed by atoms with Gasteiger partial charge in [0.15, 0.2) is 0 Å². The van der Waals surface area contributed by atoms with Gasteiger partial charge in [-0.1, -0.05) is 17.7 Å². The number of esters is 1. The molecule has 92 valence electrons. The number of rotatable bonds is 3. The average Bonchev–Trinajstić information content (AvgIpc) is 2.22. The largest absolute Gasteiger partial charge is 0.465 e. The second kappa shape index (κ2) is 4.63. The Labute approximate surface area is 103 Å². The molecule has 0 atom stereocenters. The third-order valence-corrected chi connectivity index (χ3v) is 3.12. The molecule has 0 aromatic heterocycles. The molecule has 0 spiro atoms. The minimum absolute atomic E-state index is 0.00178. The third-order valence-electron chi connectivity index (χ3n) is 2.84. The fraction of sp³-hybridized carbons (Fsp3) is 0.417. The van der Waals surface area contributed by atoms with Gasteiger partial charge in [0.1, 0.15) is 11.2 Å². The Morgan fingerprint density at radius 3 is 2.76 bits per heavy atom. The van der Waals surface area contributed by atoms with Crippen molar-refractivity contribution >= 4 is 17.6 Å². The second-order valence-corrected chi connectivity index (χ2v) is 4.33. The minimum atomic E-state index is -0.826. The highest BCUT2D eigenvalue weighted by molar-refractivity contribution is 6.30. The van der Waals surface area contributed by atoms with Crippen LogP contribution in [0.2, 0.25) is 5.02 Å². The van der Waals surface area contributed by atoms with Gasteiger partial charge in [-0.2, -0.15) is 0 Å². The van der Waals surface area contributed by atoms with E-state index in [9.17, 15) is 9.18 Å². The van der Waals surface area contributed by atoms with Crippen LogP contribution in [0, 0.1) is 5.82 Å². The van der Waals surface area contributed by atoms with E-state index in [4.69, 9.17) is 21.1 Å². The van der Waals surface area contributed by atoms with Crippen molar-refractivity contribution in [3.05, 3.63) is 34.6 Å². The summed E-state index contributed by atoms with van der Waals surface area (Å²) in [6.45, 7) is 2.53. The Morgan fingerprint density at radius 2 is 2.29 bits per heavy atom. The van der Waals surface area contributed by atoms with E-state index >= 15 is 0 Å². The standard InChI is InChI=1S/C12H12ClFO3/c1-2-17-11(15)12(6-16-7-12)8-3-4-10(14)9(13)5-8/h3-5H,2,6-7H2,1H3. The molecule has 1 aliphatic heterocycles. The quantitative estimate of drug-likeness (QED) is 0.781. The van der Waals surface area contributed by atoms with Gasteiger partial charge in [0.05, 0.1) is 24.8 Å². The van der Waals surface area contributed by atoms with E-state index in [0.717, 1.165) is 0 Å². The first-order valence-electron chi connectivity index (χ1n) is 5.30. The lowest BCUT2D eigenvalue weighted by Gasteiger charge is -2.39. The first kappa shape index (κ1) is 12.3. The fourth-order valence-corrected chi connectivity index (χ4v) is 1.95. The molecule has 1 saturated heterocycles. The molecule has 0 amide bonds. The summed E-state index contributed by atoms with van der Waals surface area (Å²) in [5, 5.41) is -0.00178. The molecule has 17 heavy (non-hydrogen) atoms. The summed E-state index contributed by atoms with van der Waals surface area (Å²) >= 11 is 5.71. The monoisotopic (exact) mass is 258 g/mol. The Morgan fingerprint density at radius 1 is 1.59 bits per heavy atom. The maximum Gasteiger partial charge on any atom is 0.321 e. The Bertz CT molecular complexity index is 443. The molecule has 1 aromatic carbocycles. The van der Waals surface area contributed by atoms with Crippen LogP contribution in [0.1, 0.15) is 12.5 Å². The molecule has 1 heterocycles. The molecule has 1 aliphatic rings. The van der Waals surface area contributed by atoms with Crippen molar-refractivity contribution in [3.63, 3.8) is 0 Å². The van der Waals surface area contributed by atoms with E-state index in [1.165, 1.54) is 12.1 Å². The van der Waals surface area contributed by atoms with Crippen molar-refractivity contribution in [1.29, 1.82) is 0 Å². The summed E-state index contributed by atoms with van der Waals surface area (Å²) in [6, 6.07) is 4.24. The van der Waals surface area contributed by atoms with E-state index in [-0.39, 0.29) is 24.2 Å². The molecule has 1 fully saturated rings. The van der Waals surface area contributed by atoms with Gasteiger partial charge >= 0.3 is 5.97 Å². The maximum absolute atomic E-state index is 13.1. The second-order valence-electron chi connectivity index (χ2n) is 3.92. The van der Waals surface area contributed by atoms with Crippen LogP contribution in [-0.2, 0) is 19.7 Å². The van der Waals surface area contributed by atoms with Crippen molar-refractivity contribution in [2.75, 3.05) is 19.8 Å². The third kappa shape index (κ3) is 2.03. The van der Waals surface area contributed by atoms with Gasteiger partial charge in [-0.25, -0.2) is 4.39 Å². The first-order valence-corrected chi connectivity index (χ1v) is 5.68. The lowest BCUT2D eigenvalue weighted by Crippen LogP contribution is -2.53. The van der Waals surface area contributed by atoms with Gasteiger partial charge in [0, 0.05) is 0 Å². The van der Waals surface area contributed by atoms with Gasteiger partial charge in [-0.15, -0.1) is 0 Å². The number of carbonyl (C=O) groups excluding carboxylic acids is 1. The average molecular weight is 259 g/mol. The summed E-state index contributed by atoms with van der Waals surface area (Å²) in [6.07, 6.45) is 0. The fourth-order valence-electron chi connectivity index (χ4n) is 1.77. The van der Waals surface area contributed by atoms with Crippen LogP contribution in [0.3, 0.4) is 0 Å². The van der Waals surface area contributed by atoms with Crippen LogP contribution >= 0.6 is 11.6 Å². The normalized spacial score (nSPS) is 17.4. The molecule has 0 aliphatic carbocycles. The van der Waals surface area contributed by atoms with Crippen LogP contribution in [0.25, 0.3) is 0 Å². The number of hydrogen-bond acceptors (Lipinski definition) is 3. The lowest BCUT2D eigenvalue weighted by molar-refractivity contribution is -0.169. The molecule has 0 saturated carbocycles. The Hall–Kier alpha value is -1.13.